The Morgan fingerprint density at radius 3 is 2.80 bits per heavy atom. The van der Waals surface area contributed by atoms with Gasteiger partial charge in [0.2, 0.25) is 0 Å². The monoisotopic (exact) mass is 274 g/mol. The van der Waals surface area contributed by atoms with Crippen LogP contribution in [-0.2, 0) is 13.5 Å². The summed E-state index contributed by atoms with van der Waals surface area (Å²) in [5, 5.41) is 11.6. The Kier molecular flexibility index (Phi) is 4.09. The van der Waals surface area contributed by atoms with E-state index in [1.807, 2.05) is 17.8 Å². The number of nitrogens with zero attached hydrogens (tertiary/aromatic N) is 3. The van der Waals surface area contributed by atoms with Gasteiger partial charge in [0.25, 0.3) is 5.91 Å². The lowest BCUT2D eigenvalue weighted by atomic mass is 10.2. The zero-order valence-corrected chi connectivity index (χ0v) is 10.9. The number of carbonyl (C=O) groups is 2. The second-order valence-corrected chi connectivity index (χ2v) is 4.16. The van der Waals surface area contributed by atoms with E-state index in [-0.39, 0.29) is 11.3 Å². The highest BCUT2D eigenvalue weighted by atomic mass is 16.4. The first kappa shape index (κ1) is 13.7. The minimum absolute atomic E-state index is 0.0835. The topological polar surface area (TPSA) is 97.1 Å². The van der Waals surface area contributed by atoms with Crippen LogP contribution in [0.3, 0.4) is 0 Å². The van der Waals surface area contributed by atoms with E-state index in [9.17, 15) is 9.59 Å². The standard InChI is InChI=1S/C13H14N4O3/c1-17-8-7-14-10(17)4-6-16-12(18)11-9(13(19)20)3-2-5-15-11/h2-3,5,7-8H,4,6H2,1H3,(H,16,18)(H,19,20). The van der Waals surface area contributed by atoms with Gasteiger partial charge < -0.3 is 15.0 Å². The molecule has 20 heavy (non-hydrogen) atoms. The van der Waals surface area contributed by atoms with E-state index in [2.05, 4.69) is 15.3 Å². The van der Waals surface area contributed by atoms with Crippen molar-refractivity contribution in [3.05, 3.63) is 47.8 Å². The van der Waals surface area contributed by atoms with Crippen LogP contribution < -0.4 is 5.32 Å². The summed E-state index contributed by atoms with van der Waals surface area (Å²) in [5.74, 6) is -0.839. The smallest absolute Gasteiger partial charge is 0.338 e. The van der Waals surface area contributed by atoms with Crippen LogP contribution in [0.1, 0.15) is 26.7 Å². The van der Waals surface area contributed by atoms with Crippen LogP contribution in [0.15, 0.2) is 30.7 Å². The van der Waals surface area contributed by atoms with Gasteiger partial charge in [-0.05, 0) is 12.1 Å². The number of carboxylic acids is 1. The average molecular weight is 274 g/mol. The van der Waals surface area contributed by atoms with E-state index in [0.717, 1.165) is 5.82 Å². The van der Waals surface area contributed by atoms with Crippen LogP contribution in [0.2, 0.25) is 0 Å². The van der Waals surface area contributed by atoms with Gasteiger partial charge in [0.05, 0.1) is 5.56 Å². The number of pyridine rings is 1. The van der Waals surface area contributed by atoms with Crippen molar-refractivity contribution >= 4 is 11.9 Å². The van der Waals surface area contributed by atoms with Crippen molar-refractivity contribution in [2.45, 2.75) is 6.42 Å². The zero-order valence-electron chi connectivity index (χ0n) is 10.9. The molecule has 2 aromatic heterocycles. The summed E-state index contributed by atoms with van der Waals surface area (Å²) in [4.78, 5) is 30.9. The summed E-state index contributed by atoms with van der Waals surface area (Å²) in [6.07, 6.45) is 5.45. The Hall–Kier alpha value is -2.70. The second-order valence-electron chi connectivity index (χ2n) is 4.16. The molecule has 0 radical (unpaired) electrons. The Bertz CT molecular complexity index is 636. The van der Waals surface area contributed by atoms with Gasteiger partial charge in [-0.25, -0.2) is 9.78 Å². The molecule has 0 saturated carbocycles. The first-order valence-corrected chi connectivity index (χ1v) is 6.02. The second kappa shape index (κ2) is 5.96. The van der Waals surface area contributed by atoms with Gasteiger partial charge in [-0.1, -0.05) is 0 Å². The molecule has 0 fully saturated rings. The number of aryl methyl sites for hydroxylation is 1. The van der Waals surface area contributed by atoms with Gasteiger partial charge in [0.15, 0.2) is 0 Å². The first-order valence-electron chi connectivity index (χ1n) is 6.02. The highest BCUT2D eigenvalue weighted by molar-refractivity contribution is 6.03. The van der Waals surface area contributed by atoms with Gasteiger partial charge in [0, 0.05) is 38.6 Å². The number of amides is 1. The van der Waals surface area contributed by atoms with Crippen LogP contribution in [0.25, 0.3) is 0 Å². The number of carbonyl (C=O) groups excluding carboxylic acids is 1. The lowest BCUT2D eigenvalue weighted by Gasteiger charge is -2.06. The van der Waals surface area contributed by atoms with Gasteiger partial charge in [-0.15, -0.1) is 0 Å². The van der Waals surface area contributed by atoms with Crippen LogP contribution in [-0.4, -0.2) is 38.1 Å². The van der Waals surface area contributed by atoms with Crippen molar-refractivity contribution in [1.29, 1.82) is 0 Å². The normalized spacial score (nSPS) is 10.2. The molecule has 0 spiro atoms. The van der Waals surface area contributed by atoms with E-state index in [1.165, 1.54) is 18.3 Å². The maximum atomic E-state index is 11.9. The zero-order chi connectivity index (χ0) is 14.5. The number of carboxylic acid groups (broad SMARTS) is 1. The molecule has 0 bridgehead atoms. The number of rotatable bonds is 5. The van der Waals surface area contributed by atoms with Crippen LogP contribution in [0.5, 0.6) is 0 Å². The van der Waals surface area contributed by atoms with E-state index >= 15 is 0 Å². The molecule has 0 aliphatic rings. The summed E-state index contributed by atoms with van der Waals surface area (Å²) in [6, 6.07) is 2.83. The summed E-state index contributed by atoms with van der Waals surface area (Å²) in [5.41, 5.74) is -0.193. The molecule has 2 N–H and O–H groups in total. The van der Waals surface area contributed by atoms with Crippen LogP contribution in [0, 0.1) is 0 Å². The molecular weight excluding hydrogens is 260 g/mol. The molecule has 7 heteroatoms. The molecule has 0 aliphatic heterocycles. The molecule has 1 amide bonds. The van der Waals surface area contributed by atoms with E-state index in [1.54, 1.807) is 6.20 Å². The third-order valence-corrected chi connectivity index (χ3v) is 2.81. The van der Waals surface area contributed by atoms with Crippen LogP contribution >= 0.6 is 0 Å². The van der Waals surface area contributed by atoms with Crippen LogP contribution in [0.4, 0.5) is 0 Å². The van der Waals surface area contributed by atoms with Crippen molar-refractivity contribution in [3.63, 3.8) is 0 Å². The van der Waals surface area contributed by atoms with E-state index < -0.39 is 11.9 Å². The van der Waals surface area contributed by atoms with E-state index in [0.29, 0.717) is 13.0 Å². The van der Waals surface area contributed by atoms with Crippen molar-refractivity contribution in [2.75, 3.05) is 6.54 Å². The lowest BCUT2D eigenvalue weighted by Crippen LogP contribution is -2.28. The van der Waals surface area contributed by atoms with Gasteiger partial charge >= 0.3 is 5.97 Å². The number of imidazole rings is 1. The fourth-order valence-electron chi connectivity index (χ4n) is 1.77. The molecule has 2 aromatic rings. The third kappa shape index (κ3) is 3.00. The van der Waals surface area contributed by atoms with Gasteiger partial charge in [-0.3, -0.25) is 9.78 Å². The Labute approximate surface area is 115 Å². The Morgan fingerprint density at radius 2 is 2.15 bits per heavy atom. The molecule has 7 nitrogen and oxygen atoms in total. The van der Waals surface area contributed by atoms with Crippen molar-refractivity contribution in [2.24, 2.45) is 7.05 Å². The third-order valence-electron chi connectivity index (χ3n) is 2.81. The maximum Gasteiger partial charge on any atom is 0.338 e. The molecule has 2 heterocycles. The first-order chi connectivity index (χ1) is 9.59. The maximum absolute atomic E-state index is 11.9. The number of nitrogens with one attached hydrogen (secondary N) is 1. The molecule has 2 rings (SSSR count). The van der Waals surface area contributed by atoms with Gasteiger partial charge in [-0.2, -0.15) is 0 Å². The molecule has 0 saturated heterocycles. The number of aromatic carboxylic acids is 1. The summed E-state index contributed by atoms with van der Waals surface area (Å²) in [6.45, 7) is 0.360. The highest BCUT2D eigenvalue weighted by Gasteiger charge is 2.17. The van der Waals surface area contributed by atoms with Crippen molar-refractivity contribution in [3.8, 4) is 0 Å². The molecular formula is C13H14N4O3. The molecule has 0 aromatic carbocycles. The summed E-state index contributed by atoms with van der Waals surface area (Å²) >= 11 is 0. The minimum atomic E-state index is -1.17. The molecule has 0 unspecified atom stereocenters. The van der Waals surface area contributed by atoms with Crippen molar-refractivity contribution in [1.82, 2.24) is 19.9 Å². The quantitative estimate of drug-likeness (QED) is 0.826. The fourth-order valence-corrected chi connectivity index (χ4v) is 1.77. The van der Waals surface area contributed by atoms with E-state index in [4.69, 9.17) is 5.11 Å². The molecule has 104 valence electrons. The average Bonchev–Trinajstić information content (AvgIpc) is 2.84. The minimum Gasteiger partial charge on any atom is -0.478 e. The Morgan fingerprint density at radius 1 is 1.35 bits per heavy atom. The fraction of sp³-hybridized carbons (Fsp3) is 0.231. The van der Waals surface area contributed by atoms with Gasteiger partial charge in [0.1, 0.15) is 11.5 Å². The molecule has 0 atom stereocenters. The highest BCUT2D eigenvalue weighted by Crippen LogP contribution is 2.05. The lowest BCUT2D eigenvalue weighted by molar-refractivity contribution is 0.0690. The number of hydrogen-bond donors (Lipinski definition) is 2. The largest absolute Gasteiger partial charge is 0.478 e. The summed E-state index contributed by atoms with van der Waals surface area (Å²) < 4.78 is 1.86. The predicted molar refractivity (Wildman–Crippen MR) is 70.4 cm³/mol. The Balaban J connectivity index is 1.99. The SMILES string of the molecule is Cn1ccnc1CCNC(=O)c1ncccc1C(=O)O. The summed E-state index contributed by atoms with van der Waals surface area (Å²) in [7, 11) is 1.87. The van der Waals surface area contributed by atoms with Crippen molar-refractivity contribution < 1.29 is 14.7 Å². The molecule has 0 aliphatic carbocycles. The predicted octanol–water partition coefficient (Wildman–Crippen LogP) is 0.486. The number of aromatic nitrogens is 3. The number of hydrogen-bond acceptors (Lipinski definition) is 4.